The molecule has 0 aromatic carbocycles. The highest BCUT2D eigenvalue weighted by Crippen LogP contribution is 1.85. The van der Waals surface area contributed by atoms with E-state index in [2.05, 4.69) is 4.98 Å². The van der Waals surface area contributed by atoms with Gasteiger partial charge in [-0.1, -0.05) is 0 Å². The van der Waals surface area contributed by atoms with E-state index < -0.39 is 5.69 Å². The molecule has 0 fully saturated rings. The van der Waals surface area contributed by atoms with Crippen LogP contribution in [0.25, 0.3) is 0 Å². The molecule has 0 saturated carbocycles. The highest BCUT2D eigenvalue weighted by Gasteiger charge is 1.99. The minimum atomic E-state index is -0.474. The number of hydrogen-bond acceptors (Lipinski definition) is 4. The van der Waals surface area contributed by atoms with Gasteiger partial charge in [-0.15, -0.1) is 0 Å². The summed E-state index contributed by atoms with van der Waals surface area (Å²) in [6, 6.07) is 0. The largest absolute Gasteiger partial charge is 0.359 e. The molecule has 1 rings (SSSR count). The molecule has 0 spiro atoms. The van der Waals surface area contributed by atoms with Crippen molar-refractivity contribution in [2.24, 2.45) is 5.73 Å². The van der Waals surface area contributed by atoms with Crippen LogP contribution in [0, 0.1) is 6.92 Å². The maximum atomic E-state index is 11.2. The van der Waals surface area contributed by atoms with Crippen LogP contribution >= 0.6 is 0 Å². The third-order valence-electron chi connectivity index (χ3n) is 1.68. The number of nitrogens with zero attached hydrogens (tertiary/aromatic N) is 1. The third-order valence-corrected chi connectivity index (χ3v) is 1.68. The zero-order chi connectivity index (χ0) is 10.6. The summed E-state index contributed by atoms with van der Waals surface area (Å²) in [7, 11) is 0. The second-order valence-electron chi connectivity index (χ2n) is 2.87. The van der Waals surface area contributed by atoms with E-state index in [4.69, 9.17) is 10.5 Å². The second kappa shape index (κ2) is 4.73. The molecule has 6 nitrogen and oxygen atoms in total. The molecule has 0 bridgehead atoms. The van der Waals surface area contributed by atoms with E-state index in [0.717, 1.165) is 0 Å². The minimum Gasteiger partial charge on any atom is -0.359 e. The normalized spacial score (nSPS) is 10.4. The lowest BCUT2D eigenvalue weighted by Crippen LogP contribution is -2.31. The molecule has 1 aromatic rings. The number of H-pyrrole nitrogens is 1. The van der Waals surface area contributed by atoms with Crippen LogP contribution in [0.1, 0.15) is 5.56 Å². The summed E-state index contributed by atoms with van der Waals surface area (Å²) < 4.78 is 6.34. The molecular formula is C8H13N3O3. The van der Waals surface area contributed by atoms with Crippen molar-refractivity contribution in [3.63, 3.8) is 0 Å². The Morgan fingerprint density at radius 2 is 2.29 bits per heavy atom. The summed E-state index contributed by atoms with van der Waals surface area (Å²) in [5, 5.41) is 0. The van der Waals surface area contributed by atoms with E-state index in [9.17, 15) is 9.59 Å². The zero-order valence-electron chi connectivity index (χ0n) is 7.95. The van der Waals surface area contributed by atoms with E-state index in [1.165, 1.54) is 10.8 Å². The molecule has 0 amide bonds. The topological polar surface area (TPSA) is 90.1 Å². The lowest BCUT2D eigenvalue weighted by atomic mass is 10.4. The second-order valence-corrected chi connectivity index (χ2v) is 2.87. The minimum absolute atomic E-state index is 0.105. The van der Waals surface area contributed by atoms with Gasteiger partial charge in [0, 0.05) is 18.3 Å². The molecule has 1 heterocycles. The Hall–Kier alpha value is -1.40. The Balaban J connectivity index is 2.82. The summed E-state index contributed by atoms with van der Waals surface area (Å²) in [4.78, 5) is 24.3. The number of nitrogens with two attached hydrogens (primary N) is 1. The Morgan fingerprint density at radius 1 is 1.57 bits per heavy atom. The van der Waals surface area contributed by atoms with Gasteiger partial charge in [-0.05, 0) is 6.92 Å². The summed E-state index contributed by atoms with van der Waals surface area (Å²) in [6.45, 7) is 2.51. The fourth-order valence-electron chi connectivity index (χ4n) is 0.961. The molecule has 0 aliphatic rings. The van der Waals surface area contributed by atoms with Crippen LogP contribution < -0.4 is 17.0 Å². The summed E-state index contributed by atoms with van der Waals surface area (Å²) >= 11 is 0. The van der Waals surface area contributed by atoms with Gasteiger partial charge in [0.1, 0.15) is 6.73 Å². The standard InChI is InChI=1S/C8H13N3O3/c1-6-4-11(5-14-3-2-9)8(13)10-7(6)12/h4H,2-3,5,9H2,1H3,(H,10,12,13). The fraction of sp³-hybridized carbons (Fsp3) is 0.500. The molecule has 14 heavy (non-hydrogen) atoms. The average molecular weight is 199 g/mol. The van der Waals surface area contributed by atoms with Crippen LogP contribution in [0.2, 0.25) is 0 Å². The van der Waals surface area contributed by atoms with Crippen molar-refractivity contribution in [3.8, 4) is 0 Å². The van der Waals surface area contributed by atoms with Crippen molar-refractivity contribution in [1.29, 1.82) is 0 Å². The van der Waals surface area contributed by atoms with Gasteiger partial charge in [-0.25, -0.2) is 4.79 Å². The number of ether oxygens (including phenoxy) is 1. The van der Waals surface area contributed by atoms with Crippen molar-refractivity contribution >= 4 is 0 Å². The first-order chi connectivity index (χ1) is 6.65. The fourth-order valence-corrected chi connectivity index (χ4v) is 0.961. The highest BCUT2D eigenvalue weighted by atomic mass is 16.5. The summed E-state index contributed by atoms with van der Waals surface area (Å²) in [5.41, 5.74) is 4.84. The molecule has 0 saturated heterocycles. The SMILES string of the molecule is Cc1cn(COCCN)c(=O)[nH]c1=O. The maximum Gasteiger partial charge on any atom is 0.330 e. The summed E-state index contributed by atoms with van der Waals surface area (Å²) in [5.74, 6) is 0. The first-order valence-electron chi connectivity index (χ1n) is 4.23. The smallest absolute Gasteiger partial charge is 0.330 e. The van der Waals surface area contributed by atoms with Crippen LogP contribution in [0.15, 0.2) is 15.8 Å². The number of nitrogens with one attached hydrogen (secondary N) is 1. The zero-order valence-corrected chi connectivity index (χ0v) is 7.95. The predicted octanol–water partition coefficient (Wildman–Crippen LogP) is -1.22. The van der Waals surface area contributed by atoms with Crippen molar-refractivity contribution < 1.29 is 4.74 Å². The monoisotopic (exact) mass is 199 g/mol. The first kappa shape index (κ1) is 10.7. The van der Waals surface area contributed by atoms with E-state index in [1.54, 1.807) is 6.92 Å². The van der Waals surface area contributed by atoms with Gasteiger partial charge in [0.2, 0.25) is 0 Å². The van der Waals surface area contributed by atoms with E-state index in [-0.39, 0.29) is 12.3 Å². The number of aryl methyl sites for hydroxylation is 1. The number of aromatic nitrogens is 2. The molecular weight excluding hydrogens is 186 g/mol. The molecule has 0 unspecified atom stereocenters. The van der Waals surface area contributed by atoms with Gasteiger partial charge in [-0.2, -0.15) is 0 Å². The lowest BCUT2D eigenvalue weighted by Gasteiger charge is -2.05. The van der Waals surface area contributed by atoms with Gasteiger partial charge in [0.05, 0.1) is 6.61 Å². The molecule has 6 heteroatoms. The van der Waals surface area contributed by atoms with Crippen LogP contribution in [-0.2, 0) is 11.5 Å². The quantitative estimate of drug-likeness (QED) is 0.594. The van der Waals surface area contributed by atoms with Crippen molar-refractivity contribution in [2.45, 2.75) is 13.7 Å². The van der Waals surface area contributed by atoms with Crippen LogP contribution in [0.3, 0.4) is 0 Å². The van der Waals surface area contributed by atoms with E-state index >= 15 is 0 Å². The lowest BCUT2D eigenvalue weighted by molar-refractivity contribution is 0.0795. The maximum absolute atomic E-state index is 11.2. The van der Waals surface area contributed by atoms with Gasteiger partial charge in [0.25, 0.3) is 5.56 Å². The predicted molar refractivity (Wildman–Crippen MR) is 51.1 cm³/mol. The molecule has 0 aliphatic carbocycles. The number of hydrogen-bond donors (Lipinski definition) is 2. The Kier molecular flexibility index (Phi) is 3.61. The van der Waals surface area contributed by atoms with Crippen LogP contribution in [0.5, 0.6) is 0 Å². The van der Waals surface area contributed by atoms with Gasteiger partial charge in [-0.3, -0.25) is 14.3 Å². The molecule has 78 valence electrons. The van der Waals surface area contributed by atoms with Gasteiger partial charge in [0.15, 0.2) is 0 Å². The number of aromatic amines is 1. The first-order valence-corrected chi connectivity index (χ1v) is 4.23. The van der Waals surface area contributed by atoms with Crippen LogP contribution in [-0.4, -0.2) is 22.7 Å². The Labute approximate surface area is 80.3 Å². The molecule has 0 aliphatic heterocycles. The Bertz CT molecular complexity index is 407. The van der Waals surface area contributed by atoms with E-state index in [0.29, 0.717) is 18.7 Å². The van der Waals surface area contributed by atoms with Gasteiger partial charge < -0.3 is 10.5 Å². The third kappa shape index (κ3) is 2.54. The number of rotatable bonds is 4. The van der Waals surface area contributed by atoms with Crippen molar-refractivity contribution in [3.05, 3.63) is 32.6 Å². The van der Waals surface area contributed by atoms with Gasteiger partial charge >= 0.3 is 5.69 Å². The summed E-state index contributed by atoms with van der Waals surface area (Å²) in [6.07, 6.45) is 1.46. The molecule has 0 radical (unpaired) electrons. The Morgan fingerprint density at radius 3 is 2.93 bits per heavy atom. The van der Waals surface area contributed by atoms with Crippen LogP contribution in [0.4, 0.5) is 0 Å². The van der Waals surface area contributed by atoms with Crippen molar-refractivity contribution in [1.82, 2.24) is 9.55 Å². The molecule has 3 N–H and O–H groups in total. The average Bonchev–Trinajstić information content (AvgIpc) is 2.14. The molecule has 1 aromatic heterocycles. The molecule has 0 atom stereocenters. The highest BCUT2D eigenvalue weighted by molar-refractivity contribution is 5.00. The van der Waals surface area contributed by atoms with E-state index in [1.807, 2.05) is 0 Å². The van der Waals surface area contributed by atoms with Crippen molar-refractivity contribution in [2.75, 3.05) is 13.2 Å².